The first-order valence-corrected chi connectivity index (χ1v) is 6.69. The van der Waals surface area contributed by atoms with Gasteiger partial charge in [-0.1, -0.05) is 35.9 Å². The van der Waals surface area contributed by atoms with Crippen LogP contribution < -0.4 is 5.32 Å². The monoisotopic (exact) mass is 303 g/mol. The number of rotatable bonds is 3. The highest BCUT2D eigenvalue weighted by Gasteiger charge is 2.21. The van der Waals surface area contributed by atoms with Gasteiger partial charge in [0.25, 0.3) is 5.91 Å². The van der Waals surface area contributed by atoms with Crippen molar-refractivity contribution < 1.29 is 14.7 Å². The lowest BCUT2D eigenvalue weighted by Gasteiger charge is -2.13. The summed E-state index contributed by atoms with van der Waals surface area (Å²) in [4.78, 5) is 23.8. The standard InChI is InChI=1S/C16H14ClNO3/c1-9-7-8-10(2)14(16(20)21)13(9)15(19)18-12-6-4-3-5-11(12)17/h3-8H,1-2H3,(H,18,19)(H,20,21). The number of hydrogen-bond donors (Lipinski definition) is 2. The molecule has 0 radical (unpaired) electrons. The highest BCUT2D eigenvalue weighted by Crippen LogP contribution is 2.24. The molecule has 0 aliphatic carbocycles. The number of carbonyl (C=O) groups excluding carboxylic acids is 1. The van der Waals surface area contributed by atoms with Crippen molar-refractivity contribution in [1.82, 2.24) is 0 Å². The molecule has 2 N–H and O–H groups in total. The largest absolute Gasteiger partial charge is 0.478 e. The van der Waals surface area contributed by atoms with E-state index in [-0.39, 0.29) is 11.1 Å². The first-order valence-electron chi connectivity index (χ1n) is 6.31. The van der Waals surface area contributed by atoms with Crippen molar-refractivity contribution in [3.8, 4) is 0 Å². The number of amides is 1. The molecule has 4 nitrogen and oxygen atoms in total. The van der Waals surface area contributed by atoms with Crippen LogP contribution in [0.2, 0.25) is 5.02 Å². The maximum Gasteiger partial charge on any atom is 0.336 e. The van der Waals surface area contributed by atoms with E-state index in [1.165, 1.54) is 0 Å². The Bertz CT molecular complexity index is 725. The average Bonchev–Trinajstić information content (AvgIpc) is 2.43. The number of aryl methyl sites for hydroxylation is 2. The first kappa shape index (κ1) is 15.1. The van der Waals surface area contributed by atoms with Crippen molar-refractivity contribution in [3.05, 3.63) is 63.7 Å². The van der Waals surface area contributed by atoms with Crippen LogP contribution >= 0.6 is 11.6 Å². The fourth-order valence-corrected chi connectivity index (χ4v) is 2.31. The van der Waals surface area contributed by atoms with Crippen LogP contribution in [0.5, 0.6) is 0 Å². The highest BCUT2D eigenvalue weighted by molar-refractivity contribution is 6.34. The SMILES string of the molecule is Cc1ccc(C)c(C(=O)Nc2ccccc2Cl)c1C(=O)O. The van der Waals surface area contributed by atoms with Gasteiger partial charge in [-0.15, -0.1) is 0 Å². The topological polar surface area (TPSA) is 66.4 Å². The second-order valence-corrected chi connectivity index (χ2v) is 5.10. The van der Waals surface area contributed by atoms with Gasteiger partial charge < -0.3 is 10.4 Å². The van der Waals surface area contributed by atoms with Crippen molar-refractivity contribution >= 4 is 29.2 Å². The van der Waals surface area contributed by atoms with E-state index in [9.17, 15) is 14.7 Å². The van der Waals surface area contributed by atoms with E-state index >= 15 is 0 Å². The second kappa shape index (κ2) is 5.97. The van der Waals surface area contributed by atoms with Crippen molar-refractivity contribution in [2.24, 2.45) is 0 Å². The molecule has 0 saturated carbocycles. The van der Waals surface area contributed by atoms with Gasteiger partial charge in [-0.3, -0.25) is 4.79 Å². The Hall–Kier alpha value is -2.33. The minimum atomic E-state index is -1.12. The van der Waals surface area contributed by atoms with E-state index in [1.807, 2.05) is 0 Å². The Labute approximate surface area is 127 Å². The van der Waals surface area contributed by atoms with Gasteiger partial charge in [-0.2, -0.15) is 0 Å². The third-order valence-electron chi connectivity index (χ3n) is 3.18. The van der Waals surface area contributed by atoms with Gasteiger partial charge in [0.2, 0.25) is 0 Å². The molecule has 0 heterocycles. The quantitative estimate of drug-likeness (QED) is 0.903. The minimum Gasteiger partial charge on any atom is -0.478 e. The van der Waals surface area contributed by atoms with Crippen LogP contribution in [0.3, 0.4) is 0 Å². The average molecular weight is 304 g/mol. The smallest absolute Gasteiger partial charge is 0.336 e. The number of para-hydroxylation sites is 1. The summed E-state index contributed by atoms with van der Waals surface area (Å²) in [5.74, 6) is -1.61. The molecule has 0 atom stereocenters. The van der Waals surface area contributed by atoms with Crippen LogP contribution in [-0.4, -0.2) is 17.0 Å². The van der Waals surface area contributed by atoms with E-state index in [0.29, 0.717) is 21.8 Å². The molecule has 108 valence electrons. The molecule has 0 bridgehead atoms. The Kier molecular flexibility index (Phi) is 4.29. The van der Waals surface area contributed by atoms with Crippen LogP contribution in [0.15, 0.2) is 36.4 Å². The van der Waals surface area contributed by atoms with E-state index < -0.39 is 11.9 Å². The van der Waals surface area contributed by atoms with Crippen LogP contribution in [-0.2, 0) is 0 Å². The summed E-state index contributed by atoms with van der Waals surface area (Å²) < 4.78 is 0. The predicted molar refractivity (Wildman–Crippen MR) is 82.3 cm³/mol. The number of aromatic carboxylic acids is 1. The summed E-state index contributed by atoms with van der Waals surface area (Å²) in [6.45, 7) is 3.36. The van der Waals surface area contributed by atoms with Crippen LogP contribution in [0.25, 0.3) is 0 Å². The molecule has 2 aromatic carbocycles. The summed E-state index contributed by atoms with van der Waals surface area (Å²) in [7, 11) is 0. The fourth-order valence-electron chi connectivity index (χ4n) is 2.13. The van der Waals surface area contributed by atoms with Gasteiger partial charge in [0.05, 0.1) is 21.8 Å². The lowest BCUT2D eigenvalue weighted by Crippen LogP contribution is -2.19. The predicted octanol–water partition coefficient (Wildman–Crippen LogP) is 3.91. The Balaban J connectivity index is 2.47. The summed E-state index contributed by atoms with van der Waals surface area (Å²) in [6.07, 6.45) is 0. The number of anilines is 1. The third-order valence-corrected chi connectivity index (χ3v) is 3.51. The molecular formula is C16H14ClNO3. The summed E-state index contributed by atoms with van der Waals surface area (Å²) in [5.41, 5.74) is 1.75. The molecule has 0 spiro atoms. The van der Waals surface area contributed by atoms with Gasteiger partial charge >= 0.3 is 5.97 Å². The van der Waals surface area contributed by atoms with E-state index in [4.69, 9.17) is 11.6 Å². The molecule has 21 heavy (non-hydrogen) atoms. The molecule has 0 aromatic heterocycles. The molecule has 2 aromatic rings. The molecule has 0 unspecified atom stereocenters. The fraction of sp³-hybridized carbons (Fsp3) is 0.125. The van der Waals surface area contributed by atoms with Gasteiger partial charge in [0.15, 0.2) is 0 Å². The lowest BCUT2D eigenvalue weighted by molar-refractivity contribution is 0.0691. The van der Waals surface area contributed by atoms with Crippen LogP contribution in [0.1, 0.15) is 31.8 Å². The van der Waals surface area contributed by atoms with E-state index in [0.717, 1.165) is 0 Å². The van der Waals surface area contributed by atoms with Gasteiger partial charge in [0.1, 0.15) is 0 Å². The van der Waals surface area contributed by atoms with E-state index in [2.05, 4.69) is 5.32 Å². The lowest BCUT2D eigenvalue weighted by atomic mass is 9.96. The third kappa shape index (κ3) is 3.06. The highest BCUT2D eigenvalue weighted by atomic mass is 35.5. The number of hydrogen-bond acceptors (Lipinski definition) is 2. The van der Waals surface area contributed by atoms with Crippen molar-refractivity contribution in [3.63, 3.8) is 0 Å². The van der Waals surface area contributed by atoms with Gasteiger partial charge in [-0.25, -0.2) is 4.79 Å². The molecule has 1 amide bonds. The van der Waals surface area contributed by atoms with Crippen LogP contribution in [0.4, 0.5) is 5.69 Å². The Morgan fingerprint density at radius 1 is 1.00 bits per heavy atom. The van der Waals surface area contributed by atoms with Crippen molar-refractivity contribution in [2.75, 3.05) is 5.32 Å². The molecule has 0 aliphatic rings. The number of halogens is 1. The van der Waals surface area contributed by atoms with Crippen LogP contribution in [0, 0.1) is 13.8 Å². The molecule has 2 rings (SSSR count). The first-order chi connectivity index (χ1) is 9.91. The van der Waals surface area contributed by atoms with Gasteiger partial charge in [0, 0.05) is 0 Å². The second-order valence-electron chi connectivity index (χ2n) is 4.69. The zero-order valence-corrected chi connectivity index (χ0v) is 12.4. The number of carboxylic acid groups (broad SMARTS) is 1. The van der Waals surface area contributed by atoms with E-state index in [1.54, 1.807) is 50.2 Å². The number of nitrogens with one attached hydrogen (secondary N) is 1. The Morgan fingerprint density at radius 3 is 2.14 bits per heavy atom. The molecule has 5 heteroatoms. The molecule has 0 saturated heterocycles. The maximum absolute atomic E-state index is 12.4. The maximum atomic E-state index is 12.4. The zero-order chi connectivity index (χ0) is 15.6. The summed E-state index contributed by atoms with van der Waals surface area (Å²) in [5, 5.41) is 12.4. The molecule has 0 fully saturated rings. The number of benzene rings is 2. The van der Waals surface area contributed by atoms with Crippen molar-refractivity contribution in [2.45, 2.75) is 13.8 Å². The number of carboxylic acids is 1. The van der Waals surface area contributed by atoms with Gasteiger partial charge in [-0.05, 0) is 37.1 Å². The summed E-state index contributed by atoms with van der Waals surface area (Å²) in [6, 6.07) is 10.2. The Morgan fingerprint density at radius 2 is 1.57 bits per heavy atom. The normalized spacial score (nSPS) is 10.2. The summed E-state index contributed by atoms with van der Waals surface area (Å²) >= 11 is 6.00. The zero-order valence-electron chi connectivity index (χ0n) is 11.6. The number of carbonyl (C=O) groups is 2. The molecule has 0 aliphatic heterocycles. The van der Waals surface area contributed by atoms with Crippen molar-refractivity contribution in [1.29, 1.82) is 0 Å². The molecular weight excluding hydrogens is 290 g/mol. The minimum absolute atomic E-state index is 0.0135.